The lowest BCUT2D eigenvalue weighted by atomic mass is 10.1. The van der Waals surface area contributed by atoms with Gasteiger partial charge in [0, 0.05) is 76.3 Å². The van der Waals surface area contributed by atoms with Gasteiger partial charge in [-0.15, -0.1) is 0 Å². The molecule has 1 fully saturated rings. The highest BCUT2D eigenvalue weighted by Gasteiger charge is 2.33. The number of aldehydes is 1. The number of alkyl halides is 3. The Bertz CT molecular complexity index is 779. The number of carbonyl (C=O) groups is 2. The number of halogens is 3. The van der Waals surface area contributed by atoms with Crippen LogP contribution in [0.25, 0.3) is 0 Å². The number of nitrogens with one attached hydrogen (secondary N) is 1. The van der Waals surface area contributed by atoms with Gasteiger partial charge in [0.15, 0.2) is 0 Å². The second kappa shape index (κ2) is 12.8. The van der Waals surface area contributed by atoms with Crippen LogP contribution in [-0.2, 0) is 9.59 Å². The lowest BCUT2D eigenvalue weighted by Crippen LogP contribution is -2.51. The predicted octanol–water partition coefficient (Wildman–Crippen LogP) is 2.71. The number of piperazine rings is 1. The molecule has 178 valence electrons. The maximum Gasteiger partial charge on any atom is 0.401 e. The predicted molar refractivity (Wildman–Crippen MR) is 120 cm³/mol. The minimum absolute atomic E-state index is 0.170. The number of rotatable bonds is 11. The van der Waals surface area contributed by atoms with E-state index in [0.29, 0.717) is 23.3 Å². The first-order valence-electron chi connectivity index (χ1n) is 10.2. The van der Waals surface area contributed by atoms with E-state index in [1.54, 1.807) is 30.9 Å². The normalized spacial score (nSPS) is 16.6. The maximum absolute atomic E-state index is 12.9. The second-order valence-corrected chi connectivity index (χ2v) is 7.37. The molecule has 0 aromatic heterocycles. The zero-order chi connectivity index (χ0) is 24.3. The van der Waals surface area contributed by atoms with Gasteiger partial charge in [0.1, 0.15) is 6.29 Å². The lowest BCUT2D eigenvalue weighted by molar-refractivity contribution is -0.151. The summed E-state index contributed by atoms with van der Waals surface area (Å²) in [6, 6.07) is 0. The van der Waals surface area contributed by atoms with Crippen molar-refractivity contribution in [3.63, 3.8) is 0 Å². The molecule has 0 aromatic carbocycles. The molecule has 1 heterocycles. The van der Waals surface area contributed by atoms with E-state index in [0.717, 1.165) is 12.0 Å². The molecule has 0 radical (unpaired) electrons. The Kier molecular flexibility index (Phi) is 10.9. The Balaban J connectivity index is 2.87. The Morgan fingerprint density at radius 3 is 2.38 bits per heavy atom. The molecule has 32 heavy (non-hydrogen) atoms. The smallest absolute Gasteiger partial charge is 0.391 e. The van der Waals surface area contributed by atoms with Crippen LogP contribution >= 0.6 is 0 Å². The Morgan fingerprint density at radius 1 is 1.25 bits per heavy atom. The van der Waals surface area contributed by atoms with Crippen molar-refractivity contribution in [3.8, 4) is 0 Å². The first-order valence-corrected chi connectivity index (χ1v) is 10.2. The van der Waals surface area contributed by atoms with Crippen LogP contribution in [0, 0.1) is 0 Å². The molecular weight excluding hydrogens is 423 g/mol. The number of hydrazone groups is 1. The van der Waals surface area contributed by atoms with E-state index in [1.807, 2.05) is 6.08 Å². The molecule has 0 atom stereocenters. The Morgan fingerprint density at radius 2 is 1.88 bits per heavy atom. The number of hydrogen-bond donors (Lipinski definition) is 1. The summed E-state index contributed by atoms with van der Waals surface area (Å²) in [7, 11) is 3.47. The van der Waals surface area contributed by atoms with Crippen LogP contribution in [0.1, 0.15) is 19.8 Å². The van der Waals surface area contributed by atoms with Gasteiger partial charge in [0.25, 0.3) is 5.91 Å². The second-order valence-electron chi connectivity index (χ2n) is 7.37. The first kappa shape index (κ1) is 27.2. The van der Waals surface area contributed by atoms with Crippen molar-refractivity contribution >= 4 is 18.4 Å². The van der Waals surface area contributed by atoms with Gasteiger partial charge in [0.05, 0.1) is 6.54 Å². The molecule has 1 aliphatic rings. The molecule has 1 aliphatic heterocycles. The van der Waals surface area contributed by atoms with Crippen LogP contribution < -0.4 is 5.32 Å². The molecular formula is C22H32F3N5O2. The maximum atomic E-state index is 12.9. The van der Waals surface area contributed by atoms with Gasteiger partial charge in [-0.05, 0) is 18.6 Å². The van der Waals surface area contributed by atoms with Crippen molar-refractivity contribution in [3.05, 3.63) is 47.9 Å². The van der Waals surface area contributed by atoms with Crippen LogP contribution in [0.2, 0.25) is 0 Å². The molecule has 0 spiro atoms. The number of allylic oxidation sites excluding steroid dienone is 2. The van der Waals surface area contributed by atoms with E-state index in [4.69, 9.17) is 0 Å². The number of amides is 1. The van der Waals surface area contributed by atoms with Gasteiger partial charge in [-0.2, -0.15) is 18.3 Å². The summed E-state index contributed by atoms with van der Waals surface area (Å²) in [6.07, 6.45) is 1.89. The molecule has 1 N–H and O–H groups in total. The first-order chi connectivity index (χ1) is 15.0. The zero-order valence-electron chi connectivity index (χ0n) is 18.9. The van der Waals surface area contributed by atoms with Crippen LogP contribution in [0.5, 0.6) is 0 Å². The largest absolute Gasteiger partial charge is 0.401 e. The summed E-state index contributed by atoms with van der Waals surface area (Å²) in [4.78, 5) is 26.2. The third-order valence-corrected chi connectivity index (χ3v) is 4.94. The van der Waals surface area contributed by atoms with Gasteiger partial charge in [-0.1, -0.05) is 19.2 Å². The summed E-state index contributed by atoms with van der Waals surface area (Å²) in [5.41, 5.74) is 2.52. The molecule has 0 saturated carbocycles. The minimum Gasteiger partial charge on any atom is -0.391 e. The monoisotopic (exact) mass is 455 g/mol. The Hall–Kier alpha value is -2.88. The third kappa shape index (κ3) is 9.09. The van der Waals surface area contributed by atoms with Crippen molar-refractivity contribution < 1.29 is 22.8 Å². The highest BCUT2D eigenvalue weighted by molar-refractivity contribution is 5.97. The molecule has 10 heteroatoms. The molecule has 0 aliphatic carbocycles. The van der Waals surface area contributed by atoms with Gasteiger partial charge >= 0.3 is 6.18 Å². The summed E-state index contributed by atoms with van der Waals surface area (Å²) < 4.78 is 37.7. The number of carbonyl (C=O) groups excluding carboxylic acids is 2. The summed E-state index contributed by atoms with van der Waals surface area (Å²) in [5, 5.41) is 8.74. The van der Waals surface area contributed by atoms with E-state index in [1.165, 1.54) is 17.2 Å². The average molecular weight is 456 g/mol. The highest BCUT2D eigenvalue weighted by Crippen LogP contribution is 2.20. The van der Waals surface area contributed by atoms with Gasteiger partial charge < -0.3 is 15.0 Å². The highest BCUT2D eigenvalue weighted by atomic mass is 19.4. The van der Waals surface area contributed by atoms with Crippen LogP contribution in [0.15, 0.2) is 53.0 Å². The van der Waals surface area contributed by atoms with Crippen LogP contribution in [0.3, 0.4) is 0 Å². The zero-order valence-corrected chi connectivity index (χ0v) is 18.9. The molecule has 0 aromatic rings. The molecule has 0 bridgehead atoms. The minimum atomic E-state index is -4.25. The van der Waals surface area contributed by atoms with Crippen LogP contribution in [0.4, 0.5) is 13.2 Å². The van der Waals surface area contributed by atoms with Crippen molar-refractivity contribution in [2.75, 3.05) is 46.8 Å². The van der Waals surface area contributed by atoms with E-state index in [9.17, 15) is 22.8 Å². The van der Waals surface area contributed by atoms with Crippen molar-refractivity contribution in [2.45, 2.75) is 25.9 Å². The molecule has 1 amide bonds. The standard InChI is InChI=1S/C22H32F3N5O2/c1-6-20(21(32)30-11-9-29(10-12-30)16-22(23,24)25)17(2)14-19(26-4)15-18(3)28(5)27-8-7-13-31/h6,8,13-14,26H,1,3,7,9-12,15-16H2,2,4-5H3/b19-14+,20-17+,27-8-. The summed E-state index contributed by atoms with van der Waals surface area (Å²) in [5.74, 6) is -0.259. The topological polar surface area (TPSA) is 68.2 Å². The van der Waals surface area contributed by atoms with Crippen molar-refractivity contribution in [1.29, 1.82) is 0 Å². The molecule has 7 nitrogen and oxygen atoms in total. The number of hydrogen-bond acceptors (Lipinski definition) is 6. The van der Waals surface area contributed by atoms with E-state index < -0.39 is 12.7 Å². The van der Waals surface area contributed by atoms with Crippen molar-refractivity contribution in [2.24, 2.45) is 5.10 Å². The van der Waals surface area contributed by atoms with E-state index in [2.05, 4.69) is 23.6 Å². The van der Waals surface area contributed by atoms with Gasteiger partial charge in [0.2, 0.25) is 0 Å². The number of nitrogens with zero attached hydrogens (tertiary/aromatic N) is 4. The quantitative estimate of drug-likeness (QED) is 0.171. The van der Waals surface area contributed by atoms with Gasteiger partial charge in [-0.25, -0.2) is 0 Å². The Labute approximate surface area is 187 Å². The molecule has 1 rings (SSSR count). The lowest BCUT2D eigenvalue weighted by Gasteiger charge is -2.35. The van der Waals surface area contributed by atoms with Crippen LogP contribution in [-0.4, -0.2) is 86.2 Å². The fraction of sp³-hybridized carbons (Fsp3) is 0.500. The third-order valence-electron chi connectivity index (χ3n) is 4.94. The van der Waals surface area contributed by atoms with E-state index in [-0.39, 0.29) is 38.5 Å². The SMILES string of the molecule is C=C/C(C(=O)N1CCN(CC(F)(F)F)CC1)=C(C)\C=C(/CC(=C)N(C)/N=C\CC=O)NC. The molecule has 0 unspecified atom stereocenters. The van der Waals surface area contributed by atoms with Crippen molar-refractivity contribution in [1.82, 2.24) is 20.1 Å². The summed E-state index contributed by atoms with van der Waals surface area (Å²) >= 11 is 0. The fourth-order valence-corrected chi connectivity index (χ4v) is 3.13. The average Bonchev–Trinajstić information content (AvgIpc) is 2.73. The fourth-order valence-electron chi connectivity index (χ4n) is 3.13. The molecule has 1 saturated heterocycles. The van der Waals surface area contributed by atoms with Gasteiger partial charge in [-0.3, -0.25) is 14.7 Å². The summed E-state index contributed by atoms with van der Waals surface area (Å²) in [6.45, 7) is 9.32. The van der Waals surface area contributed by atoms with E-state index >= 15 is 0 Å².